The Hall–Kier alpha value is -3.30. The van der Waals surface area contributed by atoms with Gasteiger partial charge in [0.1, 0.15) is 12.4 Å². The van der Waals surface area contributed by atoms with E-state index < -0.39 is 30.4 Å². The van der Waals surface area contributed by atoms with Crippen molar-refractivity contribution < 1.29 is 33.8 Å². The minimum atomic E-state index is -0.977. The molecular weight excluding hydrogens is 437 g/mol. The first kappa shape index (κ1) is 25.3. The minimum absolute atomic E-state index is 0.0326. The number of carbonyl (C=O) groups is 2. The summed E-state index contributed by atoms with van der Waals surface area (Å²) in [6, 6.07) is 13.9. The number of carboxylic acid groups (broad SMARTS) is 1. The molecule has 3 rings (SSSR count). The number of phenolic OH excluding ortho intramolecular Hbond substituents is 1. The van der Waals surface area contributed by atoms with Crippen LogP contribution in [0.2, 0.25) is 0 Å². The third kappa shape index (κ3) is 6.39. The Morgan fingerprint density at radius 1 is 1.03 bits per heavy atom. The van der Waals surface area contributed by atoms with Crippen molar-refractivity contribution in [2.24, 2.45) is 0 Å². The van der Waals surface area contributed by atoms with E-state index in [1.807, 2.05) is 58.0 Å². The number of hydrogen-bond donors (Lipinski definition) is 3. The van der Waals surface area contributed by atoms with Gasteiger partial charge in [-0.05, 0) is 56.4 Å². The molecule has 34 heavy (non-hydrogen) atoms. The number of alkyl carbamates (subject to hydrolysis) is 1. The summed E-state index contributed by atoms with van der Waals surface area (Å²) in [5.74, 6) is -1.01. The highest BCUT2D eigenvalue weighted by Gasteiger charge is 2.52. The first-order valence-corrected chi connectivity index (χ1v) is 11.0. The summed E-state index contributed by atoms with van der Waals surface area (Å²) in [4.78, 5) is 23.4. The minimum Gasteiger partial charge on any atom is -0.507 e. The van der Waals surface area contributed by atoms with Crippen molar-refractivity contribution in [1.82, 2.24) is 5.32 Å². The van der Waals surface area contributed by atoms with Gasteiger partial charge in [-0.1, -0.05) is 42.5 Å². The zero-order valence-corrected chi connectivity index (χ0v) is 19.8. The summed E-state index contributed by atoms with van der Waals surface area (Å²) < 4.78 is 17.6. The first-order valence-electron chi connectivity index (χ1n) is 11.0. The largest absolute Gasteiger partial charge is 0.507 e. The van der Waals surface area contributed by atoms with Crippen LogP contribution in [0.4, 0.5) is 4.79 Å². The van der Waals surface area contributed by atoms with E-state index in [1.165, 1.54) is 6.07 Å². The van der Waals surface area contributed by atoms with Gasteiger partial charge < -0.3 is 29.6 Å². The Morgan fingerprint density at radius 3 is 2.29 bits per heavy atom. The molecule has 180 valence electrons. The molecule has 1 aliphatic heterocycles. The molecule has 0 radical (unpaired) electrons. The van der Waals surface area contributed by atoms with Crippen LogP contribution in [0.5, 0.6) is 5.75 Å². The zero-order valence-electron chi connectivity index (χ0n) is 19.8. The smallest absolute Gasteiger partial charge is 0.492 e. The second-order valence-electron chi connectivity index (χ2n) is 9.19. The monoisotopic (exact) mass is 467 g/mol. The number of ether oxygens (including phenoxy) is 1. The van der Waals surface area contributed by atoms with E-state index in [0.717, 1.165) is 5.56 Å². The summed E-state index contributed by atoms with van der Waals surface area (Å²) in [7, 11) is -0.790. The van der Waals surface area contributed by atoms with Crippen LogP contribution < -0.4 is 5.32 Å². The second kappa shape index (κ2) is 10.3. The maximum atomic E-state index is 12.3. The molecule has 0 bridgehead atoms. The molecule has 1 heterocycles. The molecule has 1 saturated heterocycles. The van der Waals surface area contributed by atoms with E-state index in [2.05, 4.69) is 5.32 Å². The number of carboxylic acids is 1. The lowest BCUT2D eigenvalue weighted by Gasteiger charge is -2.32. The van der Waals surface area contributed by atoms with E-state index in [0.29, 0.717) is 16.6 Å². The molecule has 9 heteroatoms. The molecule has 2 aromatic rings. The van der Waals surface area contributed by atoms with Gasteiger partial charge in [0.05, 0.1) is 17.6 Å². The third-order valence-corrected chi connectivity index (χ3v) is 5.99. The molecule has 0 saturated carbocycles. The molecule has 2 aromatic carbocycles. The highest BCUT2D eigenvalue weighted by molar-refractivity contribution is 6.56. The number of nitrogens with one attached hydrogen (secondary N) is 1. The lowest BCUT2D eigenvalue weighted by molar-refractivity contribution is -0.136. The summed E-state index contributed by atoms with van der Waals surface area (Å²) in [6.45, 7) is 7.82. The topological polar surface area (TPSA) is 114 Å². The third-order valence-electron chi connectivity index (χ3n) is 5.99. The van der Waals surface area contributed by atoms with Gasteiger partial charge in [-0.25, -0.2) is 4.79 Å². The number of aliphatic carboxylic acids is 1. The highest BCUT2D eigenvalue weighted by atomic mass is 16.7. The molecule has 0 aliphatic carbocycles. The SMILES string of the molecule is CC1(C)OB(C(=Cc2cc(CC(=O)O)ccc2O)CNC(=O)OCc2ccccc2)OC1(C)C. The summed E-state index contributed by atoms with van der Waals surface area (Å²) in [5, 5.41) is 22.2. The van der Waals surface area contributed by atoms with Crippen LogP contribution in [-0.4, -0.2) is 47.1 Å². The summed E-state index contributed by atoms with van der Waals surface area (Å²) in [6.07, 6.45) is 0.840. The number of rotatable bonds is 8. The highest BCUT2D eigenvalue weighted by Crippen LogP contribution is 2.39. The zero-order chi connectivity index (χ0) is 24.9. The average Bonchev–Trinajstić information content (AvgIpc) is 2.98. The lowest BCUT2D eigenvalue weighted by Crippen LogP contribution is -2.41. The van der Waals surface area contributed by atoms with Gasteiger partial charge >= 0.3 is 19.2 Å². The van der Waals surface area contributed by atoms with Gasteiger partial charge in [0.25, 0.3) is 0 Å². The molecule has 1 aliphatic rings. The molecule has 0 aromatic heterocycles. The fourth-order valence-corrected chi connectivity index (χ4v) is 3.35. The fraction of sp³-hybridized carbons (Fsp3) is 0.360. The molecule has 0 spiro atoms. The van der Waals surface area contributed by atoms with Crippen LogP contribution in [-0.2, 0) is 31.9 Å². The van der Waals surface area contributed by atoms with Gasteiger partial charge in [0, 0.05) is 12.1 Å². The van der Waals surface area contributed by atoms with Crippen LogP contribution in [0.15, 0.2) is 54.0 Å². The van der Waals surface area contributed by atoms with Gasteiger partial charge in [-0.3, -0.25) is 4.79 Å². The number of benzene rings is 2. The van der Waals surface area contributed by atoms with E-state index in [9.17, 15) is 14.7 Å². The van der Waals surface area contributed by atoms with Crippen molar-refractivity contribution in [3.63, 3.8) is 0 Å². The molecule has 1 amide bonds. The van der Waals surface area contributed by atoms with Gasteiger partial charge in [0.2, 0.25) is 0 Å². The van der Waals surface area contributed by atoms with Crippen LogP contribution in [0.3, 0.4) is 0 Å². The summed E-state index contributed by atoms with van der Waals surface area (Å²) in [5.41, 5.74) is 1.09. The van der Waals surface area contributed by atoms with Crippen LogP contribution >= 0.6 is 0 Å². The molecule has 3 N–H and O–H groups in total. The van der Waals surface area contributed by atoms with Gasteiger partial charge in [0.15, 0.2) is 0 Å². The second-order valence-corrected chi connectivity index (χ2v) is 9.19. The first-order chi connectivity index (χ1) is 16.0. The maximum Gasteiger partial charge on any atom is 0.492 e. The predicted molar refractivity (Wildman–Crippen MR) is 128 cm³/mol. The number of amides is 1. The molecule has 0 atom stereocenters. The predicted octanol–water partition coefficient (Wildman–Crippen LogP) is 3.96. The van der Waals surface area contributed by atoms with E-state index in [1.54, 1.807) is 18.2 Å². The van der Waals surface area contributed by atoms with Gasteiger partial charge in [-0.15, -0.1) is 0 Å². The van der Waals surface area contributed by atoms with Crippen molar-refractivity contribution >= 4 is 25.3 Å². The Labute approximate surface area is 199 Å². The van der Waals surface area contributed by atoms with Crippen LogP contribution in [0.1, 0.15) is 44.4 Å². The quantitative estimate of drug-likeness (QED) is 0.504. The van der Waals surface area contributed by atoms with Crippen LogP contribution in [0, 0.1) is 0 Å². The van der Waals surface area contributed by atoms with Crippen molar-refractivity contribution in [2.75, 3.05) is 6.54 Å². The Morgan fingerprint density at radius 2 is 1.68 bits per heavy atom. The van der Waals surface area contributed by atoms with E-state index in [-0.39, 0.29) is 25.3 Å². The fourth-order valence-electron chi connectivity index (χ4n) is 3.35. The van der Waals surface area contributed by atoms with E-state index in [4.69, 9.17) is 19.2 Å². The average molecular weight is 467 g/mol. The lowest BCUT2D eigenvalue weighted by atomic mass is 9.76. The number of carbonyl (C=O) groups excluding carboxylic acids is 1. The molecule has 1 fully saturated rings. The van der Waals surface area contributed by atoms with Crippen molar-refractivity contribution in [3.8, 4) is 5.75 Å². The van der Waals surface area contributed by atoms with Crippen LogP contribution in [0.25, 0.3) is 6.08 Å². The number of phenols is 1. The summed E-state index contributed by atoms with van der Waals surface area (Å²) >= 11 is 0. The van der Waals surface area contributed by atoms with Crippen molar-refractivity contribution in [1.29, 1.82) is 0 Å². The number of hydrogen-bond acceptors (Lipinski definition) is 6. The van der Waals surface area contributed by atoms with Crippen molar-refractivity contribution in [2.45, 2.75) is 51.9 Å². The molecule has 0 unspecified atom stereocenters. The molecule has 8 nitrogen and oxygen atoms in total. The maximum absolute atomic E-state index is 12.3. The van der Waals surface area contributed by atoms with Crippen molar-refractivity contribution in [3.05, 3.63) is 70.7 Å². The van der Waals surface area contributed by atoms with Gasteiger partial charge in [-0.2, -0.15) is 0 Å². The Bertz CT molecular complexity index is 1050. The van der Waals surface area contributed by atoms with E-state index >= 15 is 0 Å². The standard InChI is InChI=1S/C25H30BNO7/c1-24(2)25(3,4)34-26(33-24)20(14-19-12-18(13-22(29)30)10-11-21(19)28)15-27-23(31)32-16-17-8-6-5-7-9-17/h5-12,14,28H,13,15-16H2,1-4H3,(H,27,31)(H,29,30). The molecular formula is C25H30BNO7. The Kier molecular flexibility index (Phi) is 7.69. The normalized spacial score (nSPS) is 16.8. The number of aromatic hydroxyl groups is 1. The Balaban J connectivity index is 1.80.